The van der Waals surface area contributed by atoms with E-state index in [1.54, 1.807) is 0 Å². The van der Waals surface area contributed by atoms with E-state index in [0.717, 1.165) is 28.0 Å². The van der Waals surface area contributed by atoms with E-state index in [9.17, 15) is 0 Å². The highest BCUT2D eigenvalue weighted by molar-refractivity contribution is 14.0. The lowest BCUT2D eigenvalue weighted by molar-refractivity contribution is 0.262. The van der Waals surface area contributed by atoms with Gasteiger partial charge in [-0.3, -0.25) is 0 Å². The van der Waals surface area contributed by atoms with Gasteiger partial charge in [-0.15, -0.1) is 24.0 Å². The molecule has 1 aliphatic rings. The van der Waals surface area contributed by atoms with E-state index in [1.807, 2.05) is 42.5 Å². The quantitative estimate of drug-likeness (QED) is 0.273. The molecule has 0 bridgehead atoms. The number of ether oxygens (including phenoxy) is 2. The van der Waals surface area contributed by atoms with Gasteiger partial charge in [0.15, 0.2) is 5.96 Å². The summed E-state index contributed by atoms with van der Waals surface area (Å²) in [7, 11) is 0. The van der Waals surface area contributed by atoms with Crippen molar-refractivity contribution in [1.82, 2.24) is 5.32 Å². The Balaban J connectivity index is 0.00000225. The molecule has 0 aliphatic carbocycles. The Kier molecular flexibility index (Phi) is 7.83. The number of rotatable bonds is 5. The molecular formula is C18H21BrIN3O2. The molecule has 1 heterocycles. The van der Waals surface area contributed by atoms with Gasteiger partial charge in [-0.25, -0.2) is 4.99 Å². The highest BCUT2D eigenvalue weighted by Gasteiger charge is 2.21. The molecule has 1 aliphatic heterocycles. The number of nitrogens with two attached hydrogens (primary N) is 1. The average Bonchev–Trinajstić information content (AvgIpc) is 2.61. The zero-order chi connectivity index (χ0) is 16.8. The third-order valence-electron chi connectivity index (χ3n) is 3.74. The molecule has 3 N–H and O–H groups in total. The van der Waals surface area contributed by atoms with Crippen LogP contribution in [0.5, 0.6) is 11.5 Å². The molecule has 2 aromatic rings. The zero-order valence-corrected chi connectivity index (χ0v) is 17.6. The van der Waals surface area contributed by atoms with Crippen LogP contribution < -0.4 is 20.5 Å². The maximum Gasteiger partial charge on any atom is 0.189 e. The molecule has 7 heteroatoms. The van der Waals surface area contributed by atoms with Crippen LogP contribution in [0, 0.1) is 0 Å². The molecule has 0 amide bonds. The number of nitrogens with zero attached hydrogens (tertiary/aromatic N) is 1. The number of guanidine groups is 1. The highest BCUT2D eigenvalue weighted by Crippen LogP contribution is 2.31. The van der Waals surface area contributed by atoms with Gasteiger partial charge in [0.2, 0.25) is 0 Å². The van der Waals surface area contributed by atoms with E-state index in [2.05, 4.69) is 32.3 Å². The summed E-state index contributed by atoms with van der Waals surface area (Å²) in [6.45, 7) is 1.66. The molecule has 0 radical (unpaired) electrons. The van der Waals surface area contributed by atoms with Crippen LogP contribution in [0.2, 0.25) is 0 Å². The molecule has 0 spiro atoms. The van der Waals surface area contributed by atoms with Crippen LogP contribution in [-0.2, 0) is 0 Å². The molecule has 1 unspecified atom stereocenters. The topological polar surface area (TPSA) is 68.9 Å². The van der Waals surface area contributed by atoms with Gasteiger partial charge in [0.05, 0.1) is 19.2 Å². The Hall–Kier alpha value is -1.48. The van der Waals surface area contributed by atoms with E-state index in [4.69, 9.17) is 15.2 Å². The number of benzene rings is 2. The number of para-hydroxylation sites is 1. The minimum Gasteiger partial charge on any atom is -0.493 e. The van der Waals surface area contributed by atoms with E-state index in [-0.39, 0.29) is 30.0 Å². The molecule has 5 nitrogen and oxygen atoms in total. The Bertz CT molecular complexity index is 710. The molecule has 1 atom stereocenters. The van der Waals surface area contributed by atoms with Gasteiger partial charge in [-0.05, 0) is 30.3 Å². The van der Waals surface area contributed by atoms with Crippen molar-refractivity contribution in [2.24, 2.45) is 10.7 Å². The van der Waals surface area contributed by atoms with Crippen LogP contribution in [0.15, 0.2) is 58.0 Å². The summed E-state index contributed by atoms with van der Waals surface area (Å²) < 4.78 is 12.3. The fourth-order valence-electron chi connectivity index (χ4n) is 2.58. The van der Waals surface area contributed by atoms with Crippen LogP contribution in [0.25, 0.3) is 0 Å². The van der Waals surface area contributed by atoms with Crippen molar-refractivity contribution in [3.63, 3.8) is 0 Å². The first-order valence-corrected chi connectivity index (χ1v) is 8.68. The summed E-state index contributed by atoms with van der Waals surface area (Å²) >= 11 is 3.39. The first-order chi connectivity index (χ1) is 11.7. The Morgan fingerprint density at radius 3 is 2.80 bits per heavy atom. The summed E-state index contributed by atoms with van der Waals surface area (Å²) in [5.74, 6) is 2.15. The van der Waals surface area contributed by atoms with Crippen molar-refractivity contribution < 1.29 is 9.47 Å². The van der Waals surface area contributed by atoms with E-state index >= 15 is 0 Å². The Morgan fingerprint density at radius 2 is 2.00 bits per heavy atom. The zero-order valence-electron chi connectivity index (χ0n) is 13.7. The SMILES string of the molecule is I.NC(=NCCOc1ccc(Br)cc1)NC1CCOc2ccccc21. The van der Waals surface area contributed by atoms with Crippen LogP contribution in [0.3, 0.4) is 0 Å². The summed E-state index contributed by atoms with van der Waals surface area (Å²) in [6.07, 6.45) is 0.864. The van der Waals surface area contributed by atoms with Gasteiger partial charge in [0.1, 0.15) is 18.1 Å². The van der Waals surface area contributed by atoms with Crippen molar-refractivity contribution in [2.45, 2.75) is 12.5 Å². The molecule has 0 fully saturated rings. The fourth-order valence-corrected chi connectivity index (χ4v) is 2.84. The third-order valence-corrected chi connectivity index (χ3v) is 4.27. The lowest BCUT2D eigenvalue weighted by atomic mass is 10.0. The summed E-state index contributed by atoms with van der Waals surface area (Å²) in [6, 6.07) is 15.8. The highest BCUT2D eigenvalue weighted by atomic mass is 127. The lowest BCUT2D eigenvalue weighted by Gasteiger charge is -2.26. The smallest absolute Gasteiger partial charge is 0.189 e. The largest absolute Gasteiger partial charge is 0.493 e. The molecule has 3 rings (SSSR count). The van der Waals surface area contributed by atoms with E-state index in [1.165, 1.54) is 0 Å². The van der Waals surface area contributed by atoms with Gasteiger partial charge in [-0.2, -0.15) is 0 Å². The van der Waals surface area contributed by atoms with Gasteiger partial charge >= 0.3 is 0 Å². The van der Waals surface area contributed by atoms with Crippen molar-refractivity contribution in [2.75, 3.05) is 19.8 Å². The predicted octanol–water partition coefficient (Wildman–Crippen LogP) is 3.87. The third kappa shape index (κ3) is 5.78. The standard InChI is InChI=1S/C18H20BrN3O2.HI/c19-13-5-7-14(8-6-13)23-12-10-21-18(20)22-16-9-11-24-17-4-2-1-3-15(16)17;/h1-8,16H,9-12H2,(H3,20,21,22);1H. The minimum atomic E-state index is 0. The van der Waals surface area contributed by atoms with Gasteiger partial charge in [0, 0.05) is 16.5 Å². The van der Waals surface area contributed by atoms with Crippen LogP contribution in [0.4, 0.5) is 0 Å². The van der Waals surface area contributed by atoms with Crippen molar-refractivity contribution in [3.05, 3.63) is 58.6 Å². The first kappa shape index (κ1) is 19.8. The van der Waals surface area contributed by atoms with E-state index in [0.29, 0.717) is 25.7 Å². The van der Waals surface area contributed by atoms with Crippen molar-refractivity contribution >= 4 is 45.9 Å². The normalized spacial score (nSPS) is 16.2. The predicted molar refractivity (Wildman–Crippen MR) is 114 cm³/mol. The van der Waals surface area contributed by atoms with Crippen LogP contribution in [0.1, 0.15) is 18.0 Å². The first-order valence-electron chi connectivity index (χ1n) is 7.89. The summed E-state index contributed by atoms with van der Waals surface area (Å²) in [4.78, 5) is 4.33. The molecule has 134 valence electrons. The molecule has 0 saturated carbocycles. The molecule has 0 aromatic heterocycles. The second-order valence-electron chi connectivity index (χ2n) is 5.44. The monoisotopic (exact) mass is 517 g/mol. The second kappa shape index (κ2) is 9.86. The fraction of sp³-hybridized carbons (Fsp3) is 0.278. The summed E-state index contributed by atoms with van der Waals surface area (Å²) in [5, 5.41) is 3.27. The summed E-state index contributed by atoms with van der Waals surface area (Å²) in [5.41, 5.74) is 7.12. The van der Waals surface area contributed by atoms with Crippen LogP contribution in [-0.4, -0.2) is 25.7 Å². The van der Waals surface area contributed by atoms with Crippen molar-refractivity contribution in [3.8, 4) is 11.5 Å². The Labute approximate surface area is 173 Å². The van der Waals surface area contributed by atoms with E-state index < -0.39 is 0 Å². The molecule has 25 heavy (non-hydrogen) atoms. The molecular weight excluding hydrogens is 497 g/mol. The number of fused-ring (bicyclic) bond motifs is 1. The minimum absolute atomic E-state index is 0. The number of aliphatic imine (C=N–C) groups is 1. The number of hydrogen-bond acceptors (Lipinski definition) is 3. The van der Waals surface area contributed by atoms with Crippen LogP contribution >= 0.6 is 39.9 Å². The van der Waals surface area contributed by atoms with Gasteiger partial charge < -0.3 is 20.5 Å². The maximum atomic E-state index is 6.00. The Morgan fingerprint density at radius 1 is 1.24 bits per heavy atom. The maximum absolute atomic E-state index is 6.00. The molecule has 0 saturated heterocycles. The lowest BCUT2D eigenvalue weighted by Crippen LogP contribution is -2.37. The average molecular weight is 518 g/mol. The van der Waals surface area contributed by atoms with Gasteiger partial charge in [-0.1, -0.05) is 34.1 Å². The van der Waals surface area contributed by atoms with Crippen molar-refractivity contribution in [1.29, 1.82) is 0 Å². The number of halogens is 2. The van der Waals surface area contributed by atoms with Gasteiger partial charge in [0.25, 0.3) is 0 Å². The molecule has 2 aromatic carbocycles. The number of nitrogens with one attached hydrogen (secondary N) is 1. The second-order valence-corrected chi connectivity index (χ2v) is 6.36. The number of hydrogen-bond donors (Lipinski definition) is 2.